The molecule has 0 saturated carbocycles. The third kappa shape index (κ3) is 3.24. The maximum absolute atomic E-state index is 10.9. The second-order valence-corrected chi connectivity index (χ2v) is 3.34. The van der Waals surface area contributed by atoms with Crippen molar-refractivity contribution in [3.8, 4) is 6.07 Å². The first kappa shape index (κ1) is 12.0. The van der Waals surface area contributed by atoms with Crippen LogP contribution < -0.4 is 5.32 Å². The smallest absolute Gasteiger partial charge is 0.326 e. The minimum Gasteiger partial charge on any atom is -0.480 e. The third-order valence-corrected chi connectivity index (χ3v) is 2.06. The number of aliphatic carboxylic acids is 1. The molecule has 0 bridgehead atoms. The summed E-state index contributed by atoms with van der Waals surface area (Å²) in [6.07, 6.45) is 1.29. The summed E-state index contributed by atoms with van der Waals surface area (Å²) in [6.45, 7) is 1.91. The van der Waals surface area contributed by atoms with Gasteiger partial charge >= 0.3 is 5.97 Å². The van der Waals surface area contributed by atoms with Crippen LogP contribution in [0.4, 0.5) is 5.82 Å². The van der Waals surface area contributed by atoms with Gasteiger partial charge in [-0.2, -0.15) is 5.26 Å². The summed E-state index contributed by atoms with van der Waals surface area (Å²) in [6, 6.07) is 6.12. The lowest BCUT2D eigenvalue weighted by Gasteiger charge is -2.13. The molecule has 1 rings (SSSR count). The lowest BCUT2D eigenvalue weighted by atomic mass is 10.1. The fraction of sp³-hybridized carbons (Fsp3) is 0.364. The zero-order valence-corrected chi connectivity index (χ0v) is 8.97. The lowest BCUT2D eigenvalue weighted by molar-refractivity contribution is -0.138. The van der Waals surface area contributed by atoms with Gasteiger partial charge in [-0.25, -0.2) is 9.78 Å². The Morgan fingerprint density at radius 1 is 1.69 bits per heavy atom. The molecule has 0 spiro atoms. The lowest BCUT2D eigenvalue weighted by Crippen LogP contribution is -2.29. The molecule has 0 radical (unpaired) electrons. The van der Waals surface area contributed by atoms with Crippen molar-refractivity contribution in [1.82, 2.24) is 4.98 Å². The standard InChI is InChI=1S/C11H13N3O2/c1-2-4-9(11(15)16)14-10-6-3-5-8(7-12)13-10/h3,5-6,9H,2,4H2,1H3,(H,13,14)(H,15,16). The quantitative estimate of drug-likeness (QED) is 0.785. The second kappa shape index (κ2) is 5.71. The molecule has 5 nitrogen and oxygen atoms in total. The molecule has 1 aromatic heterocycles. The van der Waals surface area contributed by atoms with E-state index in [1.807, 2.05) is 13.0 Å². The second-order valence-electron chi connectivity index (χ2n) is 3.34. The molecule has 0 saturated heterocycles. The number of aromatic nitrogens is 1. The number of nitrogens with one attached hydrogen (secondary N) is 1. The molecule has 0 amide bonds. The van der Waals surface area contributed by atoms with Crippen LogP contribution in [0, 0.1) is 11.3 Å². The number of anilines is 1. The fourth-order valence-corrected chi connectivity index (χ4v) is 1.30. The molecule has 0 fully saturated rings. The average Bonchev–Trinajstić information content (AvgIpc) is 2.28. The molecule has 5 heteroatoms. The number of carboxylic acid groups (broad SMARTS) is 1. The minimum absolute atomic E-state index is 0.269. The van der Waals surface area contributed by atoms with Gasteiger partial charge in [-0.15, -0.1) is 0 Å². The van der Waals surface area contributed by atoms with Crippen molar-refractivity contribution in [3.05, 3.63) is 23.9 Å². The van der Waals surface area contributed by atoms with E-state index in [0.717, 1.165) is 6.42 Å². The number of carbonyl (C=O) groups is 1. The van der Waals surface area contributed by atoms with E-state index in [2.05, 4.69) is 10.3 Å². The van der Waals surface area contributed by atoms with Crippen LogP contribution in [0.3, 0.4) is 0 Å². The van der Waals surface area contributed by atoms with Gasteiger partial charge in [0.05, 0.1) is 0 Å². The fourth-order valence-electron chi connectivity index (χ4n) is 1.30. The third-order valence-electron chi connectivity index (χ3n) is 2.06. The van der Waals surface area contributed by atoms with Gasteiger partial charge in [0.15, 0.2) is 0 Å². The molecular weight excluding hydrogens is 206 g/mol. The van der Waals surface area contributed by atoms with Gasteiger partial charge in [0.1, 0.15) is 23.6 Å². The van der Waals surface area contributed by atoms with Gasteiger partial charge in [-0.1, -0.05) is 19.4 Å². The topological polar surface area (TPSA) is 86.0 Å². The molecule has 0 aliphatic rings. The summed E-state index contributed by atoms with van der Waals surface area (Å²) < 4.78 is 0. The van der Waals surface area contributed by atoms with Gasteiger partial charge in [0.2, 0.25) is 0 Å². The van der Waals surface area contributed by atoms with E-state index in [0.29, 0.717) is 12.2 Å². The van der Waals surface area contributed by atoms with Crippen LogP contribution in [0.1, 0.15) is 25.5 Å². The predicted molar refractivity (Wildman–Crippen MR) is 58.9 cm³/mol. The normalized spacial score (nSPS) is 11.5. The molecule has 84 valence electrons. The number of hydrogen-bond acceptors (Lipinski definition) is 4. The van der Waals surface area contributed by atoms with Gasteiger partial charge in [0.25, 0.3) is 0 Å². The Morgan fingerprint density at radius 2 is 2.44 bits per heavy atom. The van der Waals surface area contributed by atoms with Crippen molar-refractivity contribution in [2.24, 2.45) is 0 Å². The van der Waals surface area contributed by atoms with Crippen molar-refractivity contribution in [2.75, 3.05) is 5.32 Å². The van der Waals surface area contributed by atoms with Crippen LogP contribution in [0.5, 0.6) is 0 Å². The Labute approximate surface area is 93.7 Å². The van der Waals surface area contributed by atoms with E-state index in [1.165, 1.54) is 0 Å². The number of nitrogens with zero attached hydrogens (tertiary/aromatic N) is 2. The summed E-state index contributed by atoms with van der Waals surface area (Å²) in [5.41, 5.74) is 0.269. The summed E-state index contributed by atoms with van der Waals surface area (Å²) >= 11 is 0. The van der Waals surface area contributed by atoms with Gasteiger partial charge in [-0.3, -0.25) is 0 Å². The molecule has 1 heterocycles. The number of hydrogen-bond donors (Lipinski definition) is 2. The Kier molecular flexibility index (Phi) is 4.28. The first-order valence-corrected chi connectivity index (χ1v) is 5.04. The molecule has 0 aliphatic carbocycles. The average molecular weight is 219 g/mol. The summed E-state index contributed by atoms with van der Waals surface area (Å²) in [5.74, 6) is -0.495. The van der Waals surface area contributed by atoms with Crippen molar-refractivity contribution in [3.63, 3.8) is 0 Å². The van der Waals surface area contributed by atoms with E-state index in [4.69, 9.17) is 10.4 Å². The first-order valence-electron chi connectivity index (χ1n) is 5.04. The maximum atomic E-state index is 10.9. The van der Waals surface area contributed by atoms with E-state index < -0.39 is 12.0 Å². The Bertz CT molecular complexity index is 412. The van der Waals surface area contributed by atoms with Crippen LogP contribution in [0.15, 0.2) is 18.2 Å². The van der Waals surface area contributed by atoms with Crippen molar-refractivity contribution in [1.29, 1.82) is 5.26 Å². The predicted octanol–water partition coefficient (Wildman–Crippen LogP) is 1.62. The number of carboxylic acids is 1. The molecule has 0 aromatic carbocycles. The van der Waals surface area contributed by atoms with E-state index in [-0.39, 0.29) is 5.69 Å². The maximum Gasteiger partial charge on any atom is 0.326 e. The van der Waals surface area contributed by atoms with E-state index in [9.17, 15) is 4.79 Å². The molecule has 1 unspecified atom stereocenters. The molecule has 0 aliphatic heterocycles. The van der Waals surface area contributed by atoms with Crippen LogP contribution in [0.2, 0.25) is 0 Å². The SMILES string of the molecule is CCCC(Nc1cccc(C#N)n1)C(=O)O. The number of pyridine rings is 1. The zero-order valence-electron chi connectivity index (χ0n) is 8.97. The molecule has 1 atom stereocenters. The molecular formula is C11H13N3O2. The number of nitriles is 1. The highest BCUT2D eigenvalue weighted by Crippen LogP contribution is 2.09. The van der Waals surface area contributed by atoms with E-state index in [1.54, 1.807) is 18.2 Å². The van der Waals surface area contributed by atoms with Crippen LogP contribution in [0.25, 0.3) is 0 Å². The van der Waals surface area contributed by atoms with Gasteiger partial charge in [0, 0.05) is 0 Å². The van der Waals surface area contributed by atoms with Gasteiger partial charge in [-0.05, 0) is 18.6 Å². The Morgan fingerprint density at radius 3 is 3.00 bits per heavy atom. The highest BCUT2D eigenvalue weighted by Gasteiger charge is 2.16. The van der Waals surface area contributed by atoms with Crippen molar-refractivity contribution < 1.29 is 9.90 Å². The minimum atomic E-state index is -0.911. The monoisotopic (exact) mass is 219 g/mol. The molecule has 16 heavy (non-hydrogen) atoms. The summed E-state index contributed by atoms with van der Waals surface area (Å²) in [5, 5.41) is 20.4. The van der Waals surface area contributed by atoms with Crippen LogP contribution in [-0.4, -0.2) is 22.1 Å². The summed E-state index contributed by atoms with van der Waals surface area (Å²) in [4.78, 5) is 14.9. The van der Waals surface area contributed by atoms with Crippen LogP contribution >= 0.6 is 0 Å². The van der Waals surface area contributed by atoms with Gasteiger partial charge < -0.3 is 10.4 Å². The molecule has 1 aromatic rings. The largest absolute Gasteiger partial charge is 0.480 e. The van der Waals surface area contributed by atoms with Crippen LogP contribution in [-0.2, 0) is 4.79 Å². The highest BCUT2D eigenvalue weighted by atomic mass is 16.4. The molecule has 2 N–H and O–H groups in total. The highest BCUT2D eigenvalue weighted by molar-refractivity contribution is 5.76. The van der Waals surface area contributed by atoms with Crippen molar-refractivity contribution in [2.45, 2.75) is 25.8 Å². The van der Waals surface area contributed by atoms with Crippen molar-refractivity contribution >= 4 is 11.8 Å². The Hall–Kier alpha value is -2.09. The van der Waals surface area contributed by atoms with E-state index >= 15 is 0 Å². The number of rotatable bonds is 5. The first-order chi connectivity index (χ1) is 7.67. The Balaban J connectivity index is 2.77. The summed E-state index contributed by atoms with van der Waals surface area (Å²) in [7, 11) is 0. The zero-order chi connectivity index (χ0) is 12.0.